The Morgan fingerprint density at radius 1 is 1.53 bits per heavy atom. The Morgan fingerprint density at radius 2 is 2.24 bits per heavy atom. The zero-order valence-corrected chi connectivity index (χ0v) is 9.63. The SMILES string of the molecule is NC1CCCN(C(=O)N[C@H](CCO)C(=O)O)C1. The van der Waals surface area contributed by atoms with Crippen molar-refractivity contribution in [1.82, 2.24) is 10.2 Å². The lowest BCUT2D eigenvalue weighted by Gasteiger charge is -2.31. The number of carbonyl (C=O) groups is 2. The van der Waals surface area contributed by atoms with Crippen LogP contribution in [-0.2, 0) is 4.79 Å². The molecule has 0 bridgehead atoms. The number of piperidine rings is 1. The molecular formula is C10H19N3O4. The molecular weight excluding hydrogens is 226 g/mol. The molecule has 1 fully saturated rings. The topological polar surface area (TPSA) is 116 Å². The van der Waals surface area contributed by atoms with Crippen LogP contribution in [0.25, 0.3) is 0 Å². The number of carbonyl (C=O) groups excluding carboxylic acids is 1. The molecule has 17 heavy (non-hydrogen) atoms. The standard InChI is InChI=1S/C10H19N3O4/c11-7-2-1-4-13(6-7)10(17)12-8(3-5-14)9(15)16/h7-8,14H,1-6,11H2,(H,12,17)(H,15,16)/t7?,8-/m1/s1. The van der Waals surface area contributed by atoms with Crippen molar-refractivity contribution in [3.8, 4) is 0 Å². The number of aliphatic hydroxyl groups excluding tert-OH is 1. The van der Waals surface area contributed by atoms with Crippen LogP contribution in [0.5, 0.6) is 0 Å². The maximum Gasteiger partial charge on any atom is 0.326 e. The van der Waals surface area contributed by atoms with Gasteiger partial charge in [0.15, 0.2) is 0 Å². The molecule has 0 aromatic heterocycles. The van der Waals surface area contributed by atoms with Gasteiger partial charge in [-0.1, -0.05) is 0 Å². The van der Waals surface area contributed by atoms with Gasteiger partial charge in [0.2, 0.25) is 0 Å². The number of amides is 2. The largest absolute Gasteiger partial charge is 0.480 e. The van der Waals surface area contributed by atoms with Gasteiger partial charge in [0.1, 0.15) is 6.04 Å². The van der Waals surface area contributed by atoms with E-state index in [9.17, 15) is 9.59 Å². The third-order valence-electron chi connectivity index (χ3n) is 2.76. The highest BCUT2D eigenvalue weighted by molar-refractivity contribution is 5.82. The first-order valence-corrected chi connectivity index (χ1v) is 5.69. The molecule has 0 aromatic rings. The van der Waals surface area contributed by atoms with E-state index >= 15 is 0 Å². The van der Waals surface area contributed by atoms with E-state index in [4.69, 9.17) is 15.9 Å². The Kier molecular flexibility index (Phi) is 5.17. The fraction of sp³-hybridized carbons (Fsp3) is 0.800. The molecule has 0 spiro atoms. The van der Waals surface area contributed by atoms with Crippen LogP contribution in [0.4, 0.5) is 4.79 Å². The van der Waals surface area contributed by atoms with Crippen molar-refractivity contribution >= 4 is 12.0 Å². The molecule has 0 aromatic carbocycles. The summed E-state index contributed by atoms with van der Waals surface area (Å²) in [5, 5.41) is 19.9. The number of rotatable bonds is 4. The zero-order chi connectivity index (χ0) is 12.8. The molecule has 0 radical (unpaired) electrons. The Bertz CT molecular complexity index is 285. The van der Waals surface area contributed by atoms with Crippen LogP contribution in [0, 0.1) is 0 Å². The molecule has 7 heteroatoms. The minimum atomic E-state index is -1.14. The molecule has 2 atom stereocenters. The van der Waals surface area contributed by atoms with Crippen molar-refractivity contribution in [2.75, 3.05) is 19.7 Å². The number of nitrogens with one attached hydrogen (secondary N) is 1. The molecule has 2 amide bonds. The van der Waals surface area contributed by atoms with Crippen molar-refractivity contribution < 1.29 is 19.8 Å². The molecule has 0 aliphatic carbocycles. The Balaban J connectivity index is 2.48. The highest BCUT2D eigenvalue weighted by atomic mass is 16.4. The molecule has 7 nitrogen and oxygen atoms in total. The summed E-state index contributed by atoms with van der Waals surface area (Å²) >= 11 is 0. The minimum absolute atomic E-state index is 0.000959. The van der Waals surface area contributed by atoms with Gasteiger partial charge < -0.3 is 26.2 Å². The van der Waals surface area contributed by atoms with Gasteiger partial charge in [-0.05, 0) is 12.8 Å². The van der Waals surface area contributed by atoms with Crippen LogP contribution in [0.3, 0.4) is 0 Å². The van der Waals surface area contributed by atoms with Crippen molar-refractivity contribution in [2.24, 2.45) is 5.73 Å². The van der Waals surface area contributed by atoms with Gasteiger partial charge >= 0.3 is 12.0 Å². The summed E-state index contributed by atoms with van der Waals surface area (Å²) in [6, 6.07) is -1.53. The van der Waals surface area contributed by atoms with E-state index in [1.807, 2.05) is 0 Å². The third kappa shape index (κ3) is 4.20. The van der Waals surface area contributed by atoms with Crippen LogP contribution in [0.15, 0.2) is 0 Å². The first kappa shape index (κ1) is 13.7. The van der Waals surface area contributed by atoms with Crippen LogP contribution in [0.2, 0.25) is 0 Å². The summed E-state index contributed by atoms with van der Waals surface area (Å²) in [5.41, 5.74) is 5.73. The molecule has 1 saturated heterocycles. The fourth-order valence-corrected chi connectivity index (χ4v) is 1.82. The average molecular weight is 245 g/mol. The van der Waals surface area contributed by atoms with E-state index in [1.54, 1.807) is 0 Å². The van der Waals surface area contributed by atoms with Crippen LogP contribution < -0.4 is 11.1 Å². The second kappa shape index (κ2) is 6.41. The molecule has 1 heterocycles. The second-order valence-corrected chi connectivity index (χ2v) is 4.20. The van der Waals surface area contributed by atoms with Crippen molar-refractivity contribution in [2.45, 2.75) is 31.3 Å². The van der Waals surface area contributed by atoms with Gasteiger partial charge in [-0.2, -0.15) is 0 Å². The van der Waals surface area contributed by atoms with Crippen molar-refractivity contribution in [1.29, 1.82) is 0 Å². The zero-order valence-electron chi connectivity index (χ0n) is 9.63. The first-order chi connectivity index (χ1) is 8.04. The quantitative estimate of drug-likeness (QED) is 0.504. The molecule has 1 unspecified atom stereocenters. The van der Waals surface area contributed by atoms with E-state index in [0.717, 1.165) is 12.8 Å². The van der Waals surface area contributed by atoms with E-state index in [2.05, 4.69) is 5.32 Å². The number of urea groups is 1. The van der Waals surface area contributed by atoms with Crippen LogP contribution in [0.1, 0.15) is 19.3 Å². The number of carboxylic acid groups (broad SMARTS) is 1. The lowest BCUT2D eigenvalue weighted by atomic mass is 10.1. The van der Waals surface area contributed by atoms with Gasteiger partial charge in [0, 0.05) is 32.2 Å². The fourth-order valence-electron chi connectivity index (χ4n) is 1.82. The number of hydrogen-bond donors (Lipinski definition) is 4. The van der Waals surface area contributed by atoms with E-state index in [0.29, 0.717) is 13.1 Å². The van der Waals surface area contributed by atoms with Gasteiger partial charge in [-0.25, -0.2) is 9.59 Å². The van der Waals surface area contributed by atoms with Crippen molar-refractivity contribution in [3.05, 3.63) is 0 Å². The van der Waals surface area contributed by atoms with E-state index in [-0.39, 0.29) is 19.1 Å². The number of aliphatic carboxylic acids is 1. The number of nitrogens with zero attached hydrogens (tertiary/aromatic N) is 1. The van der Waals surface area contributed by atoms with Gasteiger partial charge in [0.05, 0.1) is 0 Å². The number of likely N-dealkylation sites (tertiary alicyclic amines) is 1. The molecule has 5 N–H and O–H groups in total. The van der Waals surface area contributed by atoms with E-state index < -0.39 is 18.0 Å². The van der Waals surface area contributed by atoms with Gasteiger partial charge in [-0.3, -0.25) is 0 Å². The Morgan fingerprint density at radius 3 is 2.76 bits per heavy atom. The first-order valence-electron chi connectivity index (χ1n) is 5.69. The monoisotopic (exact) mass is 245 g/mol. The number of carboxylic acids is 1. The average Bonchev–Trinajstić information content (AvgIpc) is 2.28. The molecule has 98 valence electrons. The molecule has 0 saturated carbocycles. The lowest BCUT2D eigenvalue weighted by Crippen LogP contribution is -2.53. The summed E-state index contributed by atoms with van der Waals surface area (Å²) in [6.07, 6.45) is 1.70. The summed E-state index contributed by atoms with van der Waals surface area (Å²) in [7, 11) is 0. The van der Waals surface area contributed by atoms with Crippen LogP contribution in [-0.4, -0.2) is 58.9 Å². The normalized spacial score (nSPS) is 22.0. The Hall–Kier alpha value is -1.34. The van der Waals surface area contributed by atoms with Crippen molar-refractivity contribution in [3.63, 3.8) is 0 Å². The number of hydrogen-bond acceptors (Lipinski definition) is 4. The summed E-state index contributed by atoms with van der Waals surface area (Å²) in [4.78, 5) is 24.1. The van der Waals surface area contributed by atoms with Crippen LogP contribution >= 0.6 is 0 Å². The number of nitrogens with two attached hydrogens (primary N) is 1. The molecule has 1 aliphatic rings. The summed E-state index contributed by atoms with van der Waals surface area (Å²) < 4.78 is 0. The lowest BCUT2D eigenvalue weighted by molar-refractivity contribution is -0.139. The maximum absolute atomic E-state index is 11.7. The maximum atomic E-state index is 11.7. The predicted molar refractivity (Wildman–Crippen MR) is 60.4 cm³/mol. The summed E-state index contributed by atoms with van der Waals surface area (Å²) in [6.45, 7) is 0.749. The van der Waals surface area contributed by atoms with Gasteiger partial charge in [0.25, 0.3) is 0 Å². The number of aliphatic hydroxyl groups is 1. The molecule has 1 aliphatic heterocycles. The summed E-state index contributed by atoms with van der Waals surface area (Å²) in [5.74, 6) is -1.14. The smallest absolute Gasteiger partial charge is 0.326 e. The van der Waals surface area contributed by atoms with E-state index in [1.165, 1.54) is 4.90 Å². The third-order valence-corrected chi connectivity index (χ3v) is 2.76. The Labute approximate surface area is 99.6 Å². The highest BCUT2D eigenvalue weighted by Crippen LogP contribution is 2.08. The highest BCUT2D eigenvalue weighted by Gasteiger charge is 2.25. The second-order valence-electron chi connectivity index (χ2n) is 4.20. The van der Waals surface area contributed by atoms with Gasteiger partial charge in [-0.15, -0.1) is 0 Å². The molecule has 1 rings (SSSR count). The predicted octanol–water partition coefficient (Wildman–Crippen LogP) is -1.05. The minimum Gasteiger partial charge on any atom is -0.480 e.